The van der Waals surface area contributed by atoms with E-state index in [0.717, 1.165) is 6.42 Å². The van der Waals surface area contributed by atoms with Gasteiger partial charge < -0.3 is 9.84 Å². The maximum absolute atomic E-state index is 12.4. The van der Waals surface area contributed by atoms with E-state index in [-0.39, 0.29) is 11.3 Å². The minimum absolute atomic E-state index is 0.0738. The second-order valence-electron chi connectivity index (χ2n) is 4.57. The van der Waals surface area contributed by atoms with E-state index in [2.05, 4.69) is 36.6 Å². The molecule has 0 unspecified atom stereocenters. The highest BCUT2D eigenvalue weighted by Gasteiger charge is 2.27. The van der Waals surface area contributed by atoms with Gasteiger partial charge in [-0.05, 0) is 44.3 Å². The SMILES string of the molecule is CCCC[C@@H](NS(=O)(=O)c1cc(OC)c(Br)cc1Br)C(=O)O. The molecule has 0 aliphatic heterocycles. The maximum Gasteiger partial charge on any atom is 0.321 e. The van der Waals surface area contributed by atoms with Crippen molar-refractivity contribution in [2.75, 3.05) is 7.11 Å². The number of aliphatic carboxylic acids is 1. The standard InChI is InChI=1S/C13H17Br2NO5S/c1-3-4-5-10(13(17)18)16-22(19,20)12-7-11(21-2)8(14)6-9(12)15/h6-7,10,16H,3-5H2,1-2H3,(H,17,18)/t10-/m1/s1. The van der Waals surface area contributed by atoms with Crippen molar-refractivity contribution >= 4 is 47.9 Å². The van der Waals surface area contributed by atoms with Crippen molar-refractivity contribution in [1.82, 2.24) is 4.72 Å². The molecule has 6 nitrogen and oxygen atoms in total. The summed E-state index contributed by atoms with van der Waals surface area (Å²) < 4.78 is 33.1. The number of methoxy groups -OCH3 is 1. The minimum Gasteiger partial charge on any atom is -0.496 e. The van der Waals surface area contributed by atoms with E-state index in [1.165, 1.54) is 19.2 Å². The van der Waals surface area contributed by atoms with Crippen LogP contribution in [0.25, 0.3) is 0 Å². The van der Waals surface area contributed by atoms with Crippen molar-refractivity contribution < 1.29 is 23.1 Å². The first-order valence-corrected chi connectivity index (χ1v) is 9.58. The Morgan fingerprint density at radius 2 is 2.00 bits per heavy atom. The third-order valence-electron chi connectivity index (χ3n) is 2.94. The number of carboxylic acids is 1. The molecule has 0 saturated heterocycles. The van der Waals surface area contributed by atoms with Crippen LogP contribution < -0.4 is 9.46 Å². The lowest BCUT2D eigenvalue weighted by atomic mass is 10.1. The van der Waals surface area contributed by atoms with Crippen molar-refractivity contribution in [1.29, 1.82) is 0 Å². The third kappa shape index (κ3) is 4.94. The van der Waals surface area contributed by atoms with E-state index in [9.17, 15) is 13.2 Å². The molecule has 0 aromatic heterocycles. The van der Waals surface area contributed by atoms with Gasteiger partial charge in [0, 0.05) is 10.5 Å². The van der Waals surface area contributed by atoms with Gasteiger partial charge in [0.25, 0.3) is 0 Å². The van der Waals surface area contributed by atoms with Gasteiger partial charge in [-0.25, -0.2) is 8.42 Å². The number of benzene rings is 1. The fourth-order valence-electron chi connectivity index (χ4n) is 1.76. The summed E-state index contributed by atoms with van der Waals surface area (Å²) in [4.78, 5) is 11.1. The Morgan fingerprint density at radius 1 is 1.36 bits per heavy atom. The highest BCUT2D eigenvalue weighted by molar-refractivity contribution is 9.11. The molecule has 9 heteroatoms. The average Bonchev–Trinajstić information content (AvgIpc) is 2.42. The third-order valence-corrected chi connectivity index (χ3v) is 5.99. The second kappa shape index (κ2) is 8.28. The van der Waals surface area contributed by atoms with Gasteiger partial charge in [-0.1, -0.05) is 19.8 Å². The number of halogens is 2. The van der Waals surface area contributed by atoms with Crippen molar-refractivity contribution in [2.24, 2.45) is 0 Å². The van der Waals surface area contributed by atoms with Gasteiger partial charge in [0.2, 0.25) is 10.0 Å². The molecule has 22 heavy (non-hydrogen) atoms. The Bertz CT molecular complexity index is 648. The predicted molar refractivity (Wildman–Crippen MR) is 89.7 cm³/mol. The minimum atomic E-state index is -3.99. The maximum atomic E-state index is 12.4. The summed E-state index contributed by atoms with van der Waals surface area (Å²) >= 11 is 6.43. The van der Waals surface area contributed by atoms with E-state index in [1.54, 1.807) is 0 Å². The number of nitrogens with one attached hydrogen (secondary N) is 1. The Hall–Kier alpha value is -0.640. The van der Waals surface area contributed by atoms with Crippen LogP contribution in [0.1, 0.15) is 26.2 Å². The van der Waals surface area contributed by atoms with Crippen molar-refractivity contribution in [3.8, 4) is 5.75 Å². The summed E-state index contributed by atoms with van der Waals surface area (Å²) in [6, 6.07) is 1.70. The summed E-state index contributed by atoms with van der Waals surface area (Å²) in [6.45, 7) is 1.91. The highest BCUT2D eigenvalue weighted by atomic mass is 79.9. The first-order valence-electron chi connectivity index (χ1n) is 6.51. The van der Waals surface area contributed by atoms with Crippen LogP contribution in [0.15, 0.2) is 26.0 Å². The molecular formula is C13H17Br2NO5S. The summed E-state index contributed by atoms with van der Waals surface area (Å²) in [5, 5.41) is 9.15. The zero-order valence-corrected chi connectivity index (χ0v) is 16.1. The molecule has 0 amide bonds. The summed E-state index contributed by atoms with van der Waals surface area (Å²) in [5.41, 5.74) is 0. The van der Waals surface area contributed by atoms with Crippen LogP contribution in [0.5, 0.6) is 5.75 Å². The Balaban J connectivity index is 3.15. The number of rotatable bonds is 8. The van der Waals surface area contributed by atoms with Crippen molar-refractivity contribution in [2.45, 2.75) is 37.1 Å². The van der Waals surface area contributed by atoms with Gasteiger partial charge >= 0.3 is 5.97 Å². The van der Waals surface area contributed by atoms with E-state index in [4.69, 9.17) is 9.84 Å². The fourth-order valence-corrected chi connectivity index (χ4v) is 4.86. The Labute approximate surface area is 146 Å². The molecule has 0 saturated carbocycles. The zero-order chi connectivity index (χ0) is 16.9. The second-order valence-corrected chi connectivity index (χ2v) is 7.96. The van der Waals surface area contributed by atoms with Gasteiger partial charge in [-0.3, -0.25) is 4.79 Å². The monoisotopic (exact) mass is 457 g/mol. The molecule has 1 aromatic rings. The Kier molecular flexibility index (Phi) is 7.30. The van der Waals surface area contributed by atoms with Crippen LogP contribution in [0, 0.1) is 0 Å². The summed E-state index contributed by atoms with van der Waals surface area (Å²) in [7, 11) is -2.58. The highest BCUT2D eigenvalue weighted by Crippen LogP contribution is 2.33. The Morgan fingerprint density at radius 3 is 2.50 bits per heavy atom. The number of hydrogen-bond acceptors (Lipinski definition) is 4. The molecule has 0 fully saturated rings. The molecule has 124 valence electrons. The van der Waals surface area contributed by atoms with Gasteiger partial charge in [-0.15, -0.1) is 0 Å². The lowest BCUT2D eigenvalue weighted by Gasteiger charge is -2.16. The van der Waals surface area contributed by atoms with Crippen molar-refractivity contribution in [3.05, 3.63) is 21.1 Å². The molecule has 1 rings (SSSR count). The van der Waals surface area contributed by atoms with E-state index in [1.807, 2.05) is 6.92 Å². The number of ether oxygens (including phenoxy) is 1. The largest absolute Gasteiger partial charge is 0.496 e. The number of hydrogen-bond donors (Lipinski definition) is 2. The van der Waals surface area contributed by atoms with Crippen LogP contribution in [-0.2, 0) is 14.8 Å². The zero-order valence-electron chi connectivity index (χ0n) is 12.1. The first kappa shape index (κ1) is 19.4. The summed E-state index contributed by atoms with van der Waals surface area (Å²) in [6.07, 6.45) is 1.63. The number of unbranched alkanes of at least 4 members (excludes halogenated alkanes) is 1. The molecule has 0 spiro atoms. The average molecular weight is 459 g/mol. The van der Waals surface area contributed by atoms with Crippen molar-refractivity contribution in [3.63, 3.8) is 0 Å². The molecule has 0 radical (unpaired) electrons. The molecule has 0 heterocycles. The summed E-state index contributed by atoms with van der Waals surface area (Å²) in [5.74, 6) is -0.860. The lowest BCUT2D eigenvalue weighted by molar-refractivity contribution is -0.139. The molecule has 1 aromatic carbocycles. The smallest absolute Gasteiger partial charge is 0.321 e. The van der Waals surface area contributed by atoms with Crippen LogP contribution in [0.2, 0.25) is 0 Å². The molecule has 2 N–H and O–H groups in total. The van der Waals surface area contributed by atoms with E-state index in [0.29, 0.717) is 21.1 Å². The molecule has 0 aliphatic carbocycles. The molecular weight excluding hydrogens is 442 g/mol. The van der Waals surface area contributed by atoms with Crippen LogP contribution >= 0.6 is 31.9 Å². The number of carbonyl (C=O) groups is 1. The van der Waals surface area contributed by atoms with Gasteiger partial charge in [0.1, 0.15) is 11.8 Å². The topological polar surface area (TPSA) is 92.7 Å². The lowest BCUT2D eigenvalue weighted by Crippen LogP contribution is -2.40. The van der Waals surface area contributed by atoms with E-state index < -0.39 is 22.0 Å². The molecule has 0 bridgehead atoms. The van der Waals surface area contributed by atoms with Crippen LogP contribution in [-0.4, -0.2) is 32.6 Å². The first-order chi connectivity index (χ1) is 10.2. The normalized spacial score (nSPS) is 12.9. The van der Waals surface area contributed by atoms with Crippen LogP contribution in [0.3, 0.4) is 0 Å². The predicted octanol–water partition coefficient (Wildman–Crippen LogP) is 3.14. The fraction of sp³-hybridized carbons (Fsp3) is 0.462. The molecule has 0 aliphatic rings. The van der Waals surface area contributed by atoms with Gasteiger partial charge in [0.15, 0.2) is 0 Å². The van der Waals surface area contributed by atoms with E-state index >= 15 is 0 Å². The number of sulfonamides is 1. The van der Waals surface area contributed by atoms with Crippen LogP contribution in [0.4, 0.5) is 0 Å². The molecule has 1 atom stereocenters. The van der Waals surface area contributed by atoms with Gasteiger partial charge in [0.05, 0.1) is 16.5 Å². The quantitative estimate of drug-likeness (QED) is 0.624. The number of carboxylic acid groups (broad SMARTS) is 1. The van der Waals surface area contributed by atoms with Gasteiger partial charge in [-0.2, -0.15) is 4.72 Å².